The molecule has 29 heavy (non-hydrogen) atoms. The predicted molar refractivity (Wildman–Crippen MR) is 109 cm³/mol. The van der Waals surface area contributed by atoms with Gasteiger partial charge in [-0.05, 0) is 39.3 Å². The van der Waals surface area contributed by atoms with Gasteiger partial charge in [0.05, 0.1) is 0 Å². The molecule has 2 N–H and O–H groups in total. The normalized spacial score (nSPS) is 11.9. The van der Waals surface area contributed by atoms with Crippen LogP contribution < -0.4 is 15.4 Å². The first-order valence-corrected chi connectivity index (χ1v) is 9.25. The molecule has 0 fully saturated rings. The summed E-state index contributed by atoms with van der Waals surface area (Å²) in [5, 5.41) is 4.73. The standard InChI is InChI=1S/C22H26N2O5/c1-15(20(26)23-21(27)24-22(2,3)4)29-19(25)14-28-18-13-9-8-12-17(18)16-10-6-5-7-11-16/h5-13,15H,14H2,1-4H3,(H2,23,24,26,27). The van der Waals surface area contributed by atoms with Crippen molar-refractivity contribution in [2.45, 2.75) is 39.3 Å². The summed E-state index contributed by atoms with van der Waals surface area (Å²) in [7, 11) is 0. The highest BCUT2D eigenvalue weighted by atomic mass is 16.6. The molecule has 7 nitrogen and oxygen atoms in total. The Bertz CT molecular complexity index is 859. The van der Waals surface area contributed by atoms with E-state index in [1.807, 2.05) is 42.5 Å². The molecule has 0 aliphatic rings. The van der Waals surface area contributed by atoms with E-state index in [9.17, 15) is 14.4 Å². The number of nitrogens with one attached hydrogen (secondary N) is 2. The Labute approximate surface area is 170 Å². The van der Waals surface area contributed by atoms with Gasteiger partial charge in [-0.2, -0.15) is 0 Å². The van der Waals surface area contributed by atoms with Crippen LogP contribution in [0, 0.1) is 0 Å². The maximum absolute atomic E-state index is 12.1. The minimum absolute atomic E-state index is 0.365. The fraction of sp³-hybridized carbons (Fsp3) is 0.318. The van der Waals surface area contributed by atoms with Gasteiger partial charge in [0.25, 0.3) is 5.91 Å². The largest absolute Gasteiger partial charge is 0.481 e. The molecule has 3 amide bonds. The van der Waals surface area contributed by atoms with Crippen molar-refractivity contribution in [3.63, 3.8) is 0 Å². The Morgan fingerprint density at radius 3 is 2.24 bits per heavy atom. The summed E-state index contributed by atoms with van der Waals surface area (Å²) in [5.74, 6) is -0.908. The van der Waals surface area contributed by atoms with E-state index in [-0.39, 0.29) is 6.61 Å². The van der Waals surface area contributed by atoms with Crippen LogP contribution in [-0.2, 0) is 14.3 Å². The van der Waals surface area contributed by atoms with Crippen molar-refractivity contribution in [1.29, 1.82) is 0 Å². The first kappa shape index (κ1) is 21.9. The highest BCUT2D eigenvalue weighted by molar-refractivity contribution is 5.97. The number of esters is 1. The van der Waals surface area contributed by atoms with Gasteiger partial charge < -0.3 is 14.8 Å². The molecule has 1 unspecified atom stereocenters. The van der Waals surface area contributed by atoms with Crippen molar-refractivity contribution in [3.05, 3.63) is 54.6 Å². The minimum Gasteiger partial charge on any atom is -0.481 e. The number of urea groups is 1. The zero-order valence-electron chi connectivity index (χ0n) is 17.0. The number of hydrogen-bond acceptors (Lipinski definition) is 5. The molecule has 0 heterocycles. The van der Waals surface area contributed by atoms with E-state index in [1.165, 1.54) is 6.92 Å². The lowest BCUT2D eigenvalue weighted by Crippen LogP contribution is -2.50. The molecule has 0 aromatic heterocycles. The molecule has 0 saturated carbocycles. The monoisotopic (exact) mass is 398 g/mol. The molecular weight excluding hydrogens is 372 g/mol. The van der Waals surface area contributed by atoms with E-state index in [0.29, 0.717) is 5.75 Å². The molecule has 0 radical (unpaired) electrons. The fourth-order valence-electron chi connectivity index (χ4n) is 2.46. The summed E-state index contributed by atoms with van der Waals surface area (Å²) in [6, 6.07) is 16.3. The second kappa shape index (κ2) is 9.73. The van der Waals surface area contributed by atoms with Gasteiger partial charge in [0.15, 0.2) is 12.7 Å². The maximum Gasteiger partial charge on any atom is 0.344 e. The molecule has 1 atom stereocenters. The Morgan fingerprint density at radius 2 is 1.59 bits per heavy atom. The van der Waals surface area contributed by atoms with Crippen LogP contribution in [0.5, 0.6) is 5.75 Å². The van der Waals surface area contributed by atoms with E-state index in [4.69, 9.17) is 9.47 Å². The lowest BCUT2D eigenvalue weighted by atomic mass is 10.1. The smallest absolute Gasteiger partial charge is 0.344 e. The Kier molecular flexibility index (Phi) is 7.36. The number of carbonyl (C=O) groups excluding carboxylic acids is 3. The number of para-hydroxylation sites is 1. The van der Waals surface area contributed by atoms with Gasteiger partial charge in [-0.3, -0.25) is 10.1 Å². The SMILES string of the molecule is CC(OC(=O)COc1ccccc1-c1ccccc1)C(=O)NC(=O)NC(C)(C)C. The second-order valence-corrected chi connectivity index (χ2v) is 7.48. The van der Waals surface area contributed by atoms with Crippen LogP contribution in [0.25, 0.3) is 11.1 Å². The molecule has 2 aromatic carbocycles. The van der Waals surface area contributed by atoms with E-state index >= 15 is 0 Å². The Hall–Kier alpha value is -3.35. The van der Waals surface area contributed by atoms with Crippen LogP contribution in [0.1, 0.15) is 27.7 Å². The summed E-state index contributed by atoms with van der Waals surface area (Å²) in [6.45, 7) is 6.37. The highest BCUT2D eigenvalue weighted by Gasteiger charge is 2.22. The van der Waals surface area contributed by atoms with Gasteiger partial charge >= 0.3 is 12.0 Å². The van der Waals surface area contributed by atoms with Crippen molar-refractivity contribution in [3.8, 4) is 16.9 Å². The average molecular weight is 398 g/mol. The van der Waals surface area contributed by atoms with Gasteiger partial charge in [0.2, 0.25) is 0 Å². The number of amides is 3. The molecule has 0 spiro atoms. The van der Waals surface area contributed by atoms with Gasteiger partial charge in [-0.25, -0.2) is 9.59 Å². The van der Waals surface area contributed by atoms with Crippen LogP contribution in [0.2, 0.25) is 0 Å². The molecule has 2 rings (SSSR count). The predicted octanol–water partition coefficient (Wildman–Crippen LogP) is 3.29. The van der Waals surface area contributed by atoms with Gasteiger partial charge in [-0.1, -0.05) is 48.5 Å². The molecule has 0 saturated heterocycles. The number of hydrogen-bond donors (Lipinski definition) is 2. The van der Waals surface area contributed by atoms with Crippen LogP contribution >= 0.6 is 0 Å². The molecule has 0 aliphatic carbocycles. The number of imide groups is 1. The van der Waals surface area contributed by atoms with Crippen molar-refractivity contribution < 1.29 is 23.9 Å². The highest BCUT2D eigenvalue weighted by Crippen LogP contribution is 2.29. The summed E-state index contributed by atoms with van der Waals surface area (Å²) in [5.41, 5.74) is 1.30. The molecular formula is C22H26N2O5. The zero-order chi connectivity index (χ0) is 21.4. The summed E-state index contributed by atoms with van der Waals surface area (Å²) in [6.07, 6.45) is -1.14. The van der Waals surface area contributed by atoms with E-state index in [1.54, 1.807) is 32.9 Å². The summed E-state index contributed by atoms with van der Waals surface area (Å²) < 4.78 is 10.6. The van der Waals surface area contributed by atoms with E-state index in [0.717, 1.165) is 11.1 Å². The lowest BCUT2D eigenvalue weighted by Gasteiger charge is -2.21. The molecule has 0 bridgehead atoms. The van der Waals surface area contributed by atoms with Gasteiger partial charge in [0, 0.05) is 11.1 Å². The number of rotatable bonds is 6. The first-order chi connectivity index (χ1) is 13.7. The third-order valence-electron chi connectivity index (χ3n) is 3.72. The molecule has 7 heteroatoms. The summed E-state index contributed by atoms with van der Waals surface area (Å²) in [4.78, 5) is 35.8. The van der Waals surface area contributed by atoms with Crippen molar-refractivity contribution in [1.82, 2.24) is 10.6 Å². The lowest BCUT2D eigenvalue weighted by molar-refractivity contribution is -0.156. The van der Waals surface area contributed by atoms with Crippen LogP contribution in [0.4, 0.5) is 4.79 Å². The van der Waals surface area contributed by atoms with Gasteiger partial charge in [-0.15, -0.1) is 0 Å². The summed E-state index contributed by atoms with van der Waals surface area (Å²) >= 11 is 0. The number of carbonyl (C=O) groups is 3. The first-order valence-electron chi connectivity index (χ1n) is 9.25. The van der Waals surface area contributed by atoms with Crippen molar-refractivity contribution in [2.75, 3.05) is 6.61 Å². The second-order valence-electron chi connectivity index (χ2n) is 7.48. The molecule has 0 aliphatic heterocycles. The van der Waals surface area contributed by atoms with Crippen LogP contribution in [0.3, 0.4) is 0 Å². The molecule has 154 valence electrons. The number of ether oxygens (including phenoxy) is 2. The Morgan fingerprint density at radius 1 is 0.966 bits per heavy atom. The molecule has 2 aromatic rings. The zero-order valence-corrected chi connectivity index (χ0v) is 17.0. The van der Waals surface area contributed by atoms with E-state index in [2.05, 4.69) is 10.6 Å². The maximum atomic E-state index is 12.1. The van der Waals surface area contributed by atoms with Crippen molar-refractivity contribution in [2.24, 2.45) is 0 Å². The van der Waals surface area contributed by atoms with Crippen molar-refractivity contribution >= 4 is 17.9 Å². The topological polar surface area (TPSA) is 93.7 Å². The third-order valence-corrected chi connectivity index (χ3v) is 3.72. The number of benzene rings is 2. The average Bonchev–Trinajstić information content (AvgIpc) is 2.65. The quantitative estimate of drug-likeness (QED) is 0.729. The van der Waals surface area contributed by atoms with E-state index < -0.39 is 29.6 Å². The van der Waals surface area contributed by atoms with Crippen LogP contribution in [0.15, 0.2) is 54.6 Å². The minimum atomic E-state index is -1.14. The third kappa shape index (κ3) is 7.29. The Balaban J connectivity index is 1.89. The van der Waals surface area contributed by atoms with Crippen LogP contribution in [-0.4, -0.2) is 36.2 Å². The fourth-order valence-corrected chi connectivity index (χ4v) is 2.46. The van der Waals surface area contributed by atoms with Gasteiger partial charge in [0.1, 0.15) is 5.75 Å².